The summed E-state index contributed by atoms with van der Waals surface area (Å²) in [5.74, 6) is 1.63. The van der Waals surface area contributed by atoms with Crippen molar-refractivity contribution in [2.75, 3.05) is 13.7 Å². The number of aryl methyl sites for hydroxylation is 1. The number of amides is 2. The van der Waals surface area contributed by atoms with E-state index in [1.807, 2.05) is 80.6 Å². The first kappa shape index (κ1) is 23.4. The Bertz CT molecular complexity index is 1380. The Kier molecular flexibility index (Phi) is 6.54. The van der Waals surface area contributed by atoms with Crippen molar-refractivity contribution in [2.24, 2.45) is 0 Å². The molecule has 36 heavy (non-hydrogen) atoms. The molecule has 4 aromatic rings. The largest absolute Gasteiger partial charge is 0.497 e. The van der Waals surface area contributed by atoms with Crippen LogP contribution in [-0.2, 0) is 6.42 Å². The molecule has 0 radical (unpaired) electrons. The third kappa shape index (κ3) is 4.73. The molecule has 0 fully saturated rings. The lowest BCUT2D eigenvalue weighted by atomic mass is 9.94. The highest BCUT2D eigenvalue weighted by atomic mass is 16.5. The molecule has 1 atom stereocenters. The molecule has 2 amide bonds. The van der Waals surface area contributed by atoms with E-state index in [1.165, 1.54) is 0 Å². The molecule has 1 aromatic heterocycles. The van der Waals surface area contributed by atoms with Crippen LogP contribution in [0.4, 0.5) is 4.79 Å². The van der Waals surface area contributed by atoms with Crippen LogP contribution in [0.15, 0.2) is 89.1 Å². The number of allylic oxidation sites excluding steroid dienone is 1. The van der Waals surface area contributed by atoms with E-state index in [0.717, 1.165) is 45.7 Å². The molecule has 0 spiro atoms. The summed E-state index contributed by atoms with van der Waals surface area (Å²) in [6.07, 6.45) is 0.727. The summed E-state index contributed by atoms with van der Waals surface area (Å²) in [7, 11) is 1.63. The molecule has 3 aromatic carbocycles. The summed E-state index contributed by atoms with van der Waals surface area (Å²) in [5, 5.41) is 7.40. The van der Waals surface area contributed by atoms with Gasteiger partial charge in [0, 0.05) is 17.8 Å². The Morgan fingerprint density at radius 2 is 1.69 bits per heavy atom. The van der Waals surface area contributed by atoms with Gasteiger partial charge < -0.3 is 14.6 Å². The van der Waals surface area contributed by atoms with Gasteiger partial charge in [0.05, 0.1) is 18.7 Å². The molecular weight excluding hydrogens is 452 g/mol. The van der Waals surface area contributed by atoms with Gasteiger partial charge in [-0.25, -0.2) is 4.79 Å². The standard InChI is InChI=1S/C29H28N4O3/c1-19-9-11-23(12-10-19)27-31-28(36-32-27)25-20(2)33(18-17-21-7-5-4-6-8-21)29(34)30-26(25)22-13-15-24(35-3)16-14-22/h4-16,26H,17-18H2,1-3H3,(H,30,34). The van der Waals surface area contributed by atoms with Crippen molar-refractivity contribution in [3.8, 4) is 17.1 Å². The van der Waals surface area contributed by atoms with E-state index in [0.29, 0.717) is 18.3 Å². The molecule has 1 aliphatic rings. The van der Waals surface area contributed by atoms with Crippen molar-refractivity contribution < 1.29 is 14.1 Å². The van der Waals surface area contributed by atoms with Gasteiger partial charge in [0.25, 0.3) is 5.89 Å². The molecule has 1 unspecified atom stereocenters. The van der Waals surface area contributed by atoms with Crippen LogP contribution in [0.1, 0.15) is 35.5 Å². The van der Waals surface area contributed by atoms with Crippen molar-refractivity contribution in [1.29, 1.82) is 0 Å². The predicted molar refractivity (Wildman–Crippen MR) is 138 cm³/mol. The van der Waals surface area contributed by atoms with Crippen molar-refractivity contribution in [3.63, 3.8) is 0 Å². The maximum Gasteiger partial charge on any atom is 0.322 e. The molecule has 0 saturated heterocycles. The summed E-state index contributed by atoms with van der Waals surface area (Å²) in [6, 6.07) is 25.1. The van der Waals surface area contributed by atoms with E-state index >= 15 is 0 Å². The molecule has 1 aliphatic heterocycles. The maximum atomic E-state index is 13.3. The molecule has 0 saturated carbocycles. The average Bonchev–Trinajstić information content (AvgIpc) is 3.39. The van der Waals surface area contributed by atoms with Gasteiger partial charge in [-0.05, 0) is 43.5 Å². The van der Waals surface area contributed by atoms with Crippen LogP contribution in [0.3, 0.4) is 0 Å². The fourth-order valence-electron chi connectivity index (χ4n) is 4.41. The van der Waals surface area contributed by atoms with E-state index in [9.17, 15) is 4.79 Å². The Morgan fingerprint density at radius 3 is 2.39 bits per heavy atom. The molecule has 2 heterocycles. The number of benzene rings is 3. The van der Waals surface area contributed by atoms with Crippen molar-refractivity contribution >= 4 is 11.6 Å². The van der Waals surface area contributed by atoms with Crippen LogP contribution < -0.4 is 10.1 Å². The first-order chi connectivity index (χ1) is 17.5. The fourth-order valence-corrected chi connectivity index (χ4v) is 4.41. The fraction of sp³-hybridized carbons (Fsp3) is 0.207. The van der Waals surface area contributed by atoms with Crippen LogP contribution in [0.5, 0.6) is 5.75 Å². The normalized spacial score (nSPS) is 15.7. The summed E-state index contributed by atoms with van der Waals surface area (Å²) >= 11 is 0. The summed E-state index contributed by atoms with van der Waals surface area (Å²) in [4.78, 5) is 19.7. The number of carbonyl (C=O) groups is 1. The number of hydrogen-bond acceptors (Lipinski definition) is 5. The predicted octanol–water partition coefficient (Wildman–Crippen LogP) is 5.79. The molecule has 0 aliphatic carbocycles. The molecule has 7 heteroatoms. The number of nitrogens with zero attached hydrogens (tertiary/aromatic N) is 3. The summed E-state index contributed by atoms with van der Waals surface area (Å²) in [5.41, 5.74) is 5.65. The van der Waals surface area contributed by atoms with Gasteiger partial charge in [-0.1, -0.05) is 77.5 Å². The van der Waals surface area contributed by atoms with Gasteiger partial charge in [0.2, 0.25) is 5.82 Å². The molecule has 5 rings (SSSR count). The molecule has 0 bridgehead atoms. The smallest absolute Gasteiger partial charge is 0.322 e. The Morgan fingerprint density at radius 1 is 0.972 bits per heavy atom. The number of urea groups is 1. The van der Waals surface area contributed by atoms with Gasteiger partial charge in [-0.2, -0.15) is 4.98 Å². The maximum absolute atomic E-state index is 13.3. The van der Waals surface area contributed by atoms with Gasteiger partial charge in [-0.3, -0.25) is 4.90 Å². The minimum atomic E-state index is -0.442. The number of carbonyl (C=O) groups excluding carboxylic acids is 1. The van der Waals surface area contributed by atoms with Crippen LogP contribution in [0, 0.1) is 6.92 Å². The molecule has 1 N–H and O–H groups in total. The second kappa shape index (κ2) is 10.1. The summed E-state index contributed by atoms with van der Waals surface area (Å²) in [6.45, 7) is 4.50. The molecule has 7 nitrogen and oxygen atoms in total. The van der Waals surface area contributed by atoms with Gasteiger partial charge in [0.1, 0.15) is 5.75 Å². The quantitative estimate of drug-likeness (QED) is 0.362. The topological polar surface area (TPSA) is 80.5 Å². The Hall–Kier alpha value is -4.39. The number of ether oxygens (including phenoxy) is 1. The highest BCUT2D eigenvalue weighted by molar-refractivity contribution is 5.87. The lowest BCUT2D eigenvalue weighted by molar-refractivity contribution is 0.205. The Balaban J connectivity index is 1.54. The molecular formula is C29H28N4O3. The highest BCUT2D eigenvalue weighted by Crippen LogP contribution is 2.37. The van der Waals surface area contributed by atoms with E-state index in [2.05, 4.69) is 22.6 Å². The zero-order valence-electron chi connectivity index (χ0n) is 20.6. The summed E-state index contributed by atoms with van der Waals surface area (Å²) < 4.78 is 11.1. The monoisotopic (exact) mass is 480 g/mol. The zero-order chi connectivity index (χ0) is 25.1. The van der Waals surface area contributed by atoms with Crippen molar-refractivity contribution in [3.05, 3.63) is 107 Å². The van der Waals surface area contributed by atoms with E-state index in [1.54, 1.807) is 12.0 Å². The van der Waals surface area contributed by atoms with E-state index in [-0.39, 0.29) is 6.03 Å². The zero-order valence-corrected chi connectivity index (χ0v) is 20.6. The third-order valence-electron chi connectivity index (χ3n) is 6.48. The SMILES string of the molecule is COc1ccc(C2NC(=O)N(CCc3ccccc3)C(C)=C2c2nc(-c3ccc(C)cc3)no2)cc1. The Labute approximate surface area is 210 Å². The molecule has 182 valence electrons. The average molecular weight is 481 g/mol. The minimum absolute atomic E-state index is 0.161. The van der Waals surface area contributed by atoms with Crippen molar-refractivity contribution in [2.45, 2.75) is 26.3 Å². The van der Waals surface area contributed by atoms with Crippen LogP contribution in [0.2, 0.25) is 0 Å². The number of aromatic nitrogens is 2. The first-order valence-corrected chi connectivity index (χ1v) is 11.9. The first-order valence-electron chi connectivity index (χ1n) is 11.9. The van der Waals surface area contributed by atoms with Crippen LogP contribution in [0.25, 0.3) is 17.0 Å². The van der Waals surface area contributed by atoms with Gasteiger partial charge >= 0.3 is 6.03 Å². The lowest BCUT2D eigenvalue weighted by Crippen LogP contribution is -2.46. The number of hydrogen-bond donors (Lipinski definition) is 1. The van der Waals surface area contributed by atoms with E-state index < -0.39 is 6.04 Å². The second-order valence-electron chi connectivity index (χ2n) is 8.83. The van der Waals surface area contributed by atoms with Crippen LogP contribution >= 0.6 is 0 Å². The number of methoxy groups -OCH3 is 1. The van der Waals surface area contributed by atoms with Crippen molar-refractivity contribution in [1.82, 2.24) is 20.4 Å². The van der Waals surface area contributed by atoms with Crippen LogP contribution in [-0.4, -0.2) is 34.7 Å². The third-order valence-corrected chi connectivity index (χ3v) is 6.48. The van der Waals surface area contributed by atoms with Gasteiger partial charge in [-0.15, -0.1) is 0 Å². The lowest BCUT2D eigenvalue weighted by Gasteiger charge is -2.35. The van der Waals surface area contributed by atoms with E-state index in [4.69, 9.17) is 14.2 Å². The minimum Gasteiger partial charge on any atom is -0.497 e. The number of rotatable bonds is 7. The second-order valence-corrected chi connectivity index (χ2v) is 8.83. The number of nitrogens with one attached hydrogen (secondary N) is 1. The van der Waals surface area contributed by atoms with Gasteiger partial charge in [0.15, 0.2) is 0 Å². The highest BCUT2D eigenvalue weighted by Gasteiger charge is 2.35.